The summed E-state index contributed by atoms with van der Waals surface area (Å²) in [4.78, 5) is 6.99. The van der Waals surface area contributed by atoms with Gasteiger partial charge in [0.15, 0.2) is 5.96 Å². The number of guanidine groups is 1. The molecule has 0 aromatic heterocycles. The van der Waals surface area contributed by atoms with E-state index in [2.05, 4.69) is 45.0 Å². The van der Waals surface area contributed by atoms with E-state index in [9.17, 15) is 0 Å². The van der Waals surface area contributed by atoms with Crippen LogP contribution in [0.3, 0.4) is 0 Å². The van der Waals surface area contributed by atoms with Crippen LogP contribution in [0, 0.1) is 5.92 Å². The highest BCUT2D eigenvalue weighted by Gasteiger charge is 2.07. The SMILES string of the molecule is CCCCN(C)C(=NCC(CC)CC)NCC.I. The zero-order chi connectivity index (χ0) is 13.1. The Balaban J connectivity index is 0. The van der Waals surface area contributed by atoms with Gasteiger partial charge in [-0.2, -0.15) is 0 Å². The molecule has 1 N–H and O–H groups in total. The molecule has 0 unspecified atom stereocenters. The first-order valence-corrected chi connectivity index (χ1v) is 7.18. The van der Waals surface area contributed by atoms with E-state index in [1.165, 1.54) is 25.7 Å². The minimum absolute atomic E-state index is 0. The van der Waals surface area contributed by atoms with Gasteiger partial charge in [0, 0.05) is 26.7 Å². The predicted octanol–water partition coefficient (Wildman–Crippen LogP) is 3.74. The first-order valence-electron chi connectivity index (χ1n) is 7.18. The molecule has 0 saturated carbocycles. The summed E-state index contributed by atoms with van der Waals surface area (Å²) in [5.41, 5.74) is 0. The quantitative estimate of drug-likeness (QED) is 0.401. The molecule has 0 bridgehead atoms. The number of halogens is 1. The molecule has 0 saturated heterocycles. The van der Waals surface area contributed by atoms with Crippen LogP contribution < -0.4 is 5.32 Å². The van der Waals surface area contributed by atoms with Gasteiger partial charge in [-0.3, -0.25) is 4.99 Å². The molecule has 4 heteroatoms. The van der Waals surface area contributed by atoms with Gasteiger partial charge >= 0.3 is 0 Å². The van der Waals surface area contributed by atoms with Crippen LogP contribution in [-0.4, -0.2) is 37.5 Å². The third-order valence-electron chi connectivity index (χ3n) is 3.20. The summed E-state index contributed by atoms with van der Waals surface area (Å²) >= 11 is 0. The van der Waals surface area contributed by atoms with Crippen molar-refractivity contribution in [2.24, 2.45) is 10.9 Å². The molecule has 0 rings (SSSR count). The molecule has 0 radical (unpaired) electrons. The monoisotopic (exact) mass is 369 g/mol. The molecule has 0 aliphatic heterocycles. The Morgan fingerprint density at radius 3 is 2.22 bits per heavy atom. The lowest BCUT2D eigenvalue weighted by atomic mass is 10.0. The Hall–Kier alpha value is 0. The third-order valence-corrected chi connectivity index (χ3v) is 3.20. The molecular formula is C14H32IN3. The Morgan fingerprint density at radius 1 is 1.17 bits per heavy atom. The standard InChI is InChI=1S/C14H31N3.HI/c1-6-10-11-17(5)14(15-9-4)16-12-13(7-2)8-3;/h13H,6-12H2,1-5H3,(H,15,16);1H. The normalized spacial score (nSPS) is 11.3. The first kappa shape index (κ1) is 20.3. The molecule has 0 heterocycles. The molecule has 0 amide bonds. The van der Waals surface area contributed by atoms with Crippen molar-refractivity contribution in [2.45, 2.75) is 53.4 Å². The highest BCUT2D eigenvalue weighted by atomic mass is 127. The van der Waals surface area contributed by atoms with Crippen LogP contribution in [0.2, 0.25) is 0 Å². The average Bonchev–Trinajstić information content (AvgIpc) is 2.35. The highest BCUT2D eigenvalue weighted by molar-refractivity contribution is 14.0. The van der Waals surface area contributed by atoms with Gasteiger partial charge in [0.05, 0.1) is 0 Å². The van der Waals surface area contributed by atoms with Crippen LogP contribution in [0.15, 0.2) is 4.99 Å². The van der Waals surface area contributed by atoms with Crippen LogP contribution >= 0.6 is 24.0 Å². The Bertz CT molecular complexity index is 203. The lowest BCUT2D eigenvalue weighted by Gasteiger charge is -2.22. The molecule has 0 aliphatic carbocycles. The van der Waals surface area contributed by atoms with E-state index in [4.69, 9.17) is 4.99 Å². The zero-order valence-corrected chi connectivity index (χ0v) is 15.2. The van der Waals surface area contributed by atoms with Gasteiger partial charge in [-0.1, -0.05) is 40.0 Å². The van der Waals surface area contributed by atoms with Gasteiger partial charge in [0.2, 0.25) is 0 Å². The van der Waals surface area contributed by atoms with Crippen LogP contribution in [-0.2, 0) is 0 Å². The van der Waals surface area contributed by atoms with Gasteiger partial charge in [0.25, 0.3) is 0 Å². The summed E-state index contributed by atoms with van der Waals surface area (Å²) in [5, 5.41) is 3.37. The van der Waals surface area contributed by atoms with Crippen molar-refractivity contribution in [2.75, 3.05) is 26.7 Å². The van der Waals surface area contributed by atoms with E-state index in [0.717, 1.165) is 31.5 Å². The summed E-state index contributed by atoms with van der Waals surface area (Å²) < 4.78 is 0. The molecule has 0 aromatic rings. The molecule has 0 aromatic carbocycles. The molecule has 0 spiro atoms. The van der Waals surface area contributed by atoms with Crippen molar-refractivity contribution in [1.82, 2.24) is 10.2 Å². The van der Waals surface area contributed by atoms with Gasteiger partial charge < -0.3 is 10.2 Å². The van der Waals surface area contributed by atoms with Gasteiger partial charge in [0.1, 0.15) is 0 Å². The Kier molecular flexibility index (Phi) is 15.2. The maximum absolute atomic E-state index is 4.74. The lowest BCUT2D eigenvalue weighted by Crippen LogP contribution is -2.39. The van der Waals surface area contributed by atoms with E-state index < -0.39 is 0 Å². The summed E-state index contributed by atoms with van der Waals surface area (Å²) in [7, 11) is 2.13. The molecule has 0 fully saturated rings. The smallest absolute Gasteiger partial charge is 0.193 e. The summed E-state index contributed by atoms with van der Waals surface area (Å²) in [6, 6.07) is 0. The molecule has 18 heavy (non-hydrogen) atoms. The second-order valence-electron chi connectivity index (χ2n) is 4.65. The van der Waals surface area contributed by atoms with Gasteiger partial charge in [-0.05, 0) is 19.3 Å². The third kappa shape index (κ3) is 9.00. The number of nitrogens with one attached hydrogen (secondary N) is 1. The van der Waals surface area contributed by atoms with Crippen molar-refractivity contribution < 1.29 is 0 Å². The minimum atomic E-state index is 0. The van der Waals surface area contributed by atoms with Crippen molar-refractivity contribution in [3.63, 3.8) is 0 Å². The van der Waals surface area contributed by atoms with Crippen molar-refractivity contribution >= 4 is 29.9 Å². The largest absolute Gasteiger partial charge is 0.357 e. The summed E-state index contributed by atoms with van der Waals surface area (Å²) in [6.45, 7) is 11.8. The number of hydrogen-bond donors (Lipinski definition) is 1. The molecular weight excluding hydrogens is 337 g/mol. The molecule has 0 atom stereocenters. The van der Waals surface area contributed by atoms with E-state index in [1.54, 1.807) is 0 Å². The number of nitrogens with zero attached hydrogens (tertiary/aromatic N) is 2. The fourth-order valence-electron chi connectivity index (χ4n) is 1.73. The van der Waals surface area contributed by atoms with Crippen molar-refractivity contribution in [3.8, 4) is 0 Å². The second kappa shape index (κ2) is 13.4. The summed E-state index contributed by atoms with van der Waals surface area (Å²) in [6.07, 6.45) is 4.90. The van der Waals surface area contributed by atoms with Crippen molar-refractivity contribution in [3.05, 3.63) is 0 Å². The average molecular weight is 369 g/mol. The van der Waals surface area contributed by atoms with Crippen LogP contribution in [0.5, 0.6) is 0 Å². The van der Waals surface area contributed by atoms with E-state index in [-0.39, 0.29) is 24.0 Å². The van der Waals surface area contributed by atoms with Crippen LogP contribution in [0.1, 0.15) is 53.4 Å². The first-order chi connectivity index (χ1) is 8.19. The maximum atomic E-state index is 4.74. The van der Waals surface area contributed by atoms with E-state index in [1.807, 2.05) is 0 Å². The van der Waals surface area contributed by atoms with Crippen LogP contribution in [0.4, 0.5) is 0 Å². The van der Waals surface area contributed by atoms with Crippen LogP contribution in [0.25, 0.3) is 0 Å². The number of aliphatic imine (C=N–C) groups is 1. The van der Waals surface area contributed by atoms with Crippen molar-refractivity contribution in [1.29, 1.82) is 0 Å². The topological polar surface area (TPSA) is 27.6 Å². The zero-order valence-electron chi connectivity index (χ0n) is 12.8. The Labute approximate surface area is 131 Å². The summed E-state index contributed by atoms with van der Waals surface area (Å²) in [5.74, 6) is 1.79. The lowest BCUT2D eigenvalue weighted by molar-refractivity contribution is 0.454. The van der Waals surface area contributed by atoms with E-state index >= 15 is 0 Å². The van der Waals surface area contributed by atoms with Gasteiger partial charge in [-0.15, -0.1) is 24.0 Å². The fraction of sp³-hybridized carbons (Fsp3) is 0.929. The predicted molar refractivity (Wildman–Crippen MR) is 93.0 cm³/mol. The molecule has 0 aliphatic rings. The number of unbranched alkanes of at least 4 members (excludes halogenated alkanes) is 1. The number of hydrogen-bond acceptors (Lipinski definition) is 1. The minimum Gasteiger partial charge on any atom is -0.357 e. The fourth-order valence-corrected chi connectivity index (χ4v) is 1.73. The number of rotatable bonds is 8. The van der Waals surface area contributed by atoms with Gasteiger partial charge in [-0.25, -0.2) is 0 Å². The highest BCUT2D eigenvalue weighted by Crippen LogP contribution is 2.07. The molecule has 110 valence electrons. The second-order valence-corrected chi connectivity index (χ2v) is 4.65. The Morgan fingerprint density at radius 2 is 1.78 bits per heavy atom. The molecule has 3 nitrogen and oxygen atoms in total. The maximum Gasteiger partial charge on any atom is 0.193 e. The van der Waals surface area contributed by atoms with E-state index in [0.29, 0.717) is 0 Å².